The average Bonchev–Trinajstić information content (AvgIpc) is 2.31. The number of hydrogen-bond acceptors (Lipinski definition) is 0. The lowest BCUT2D eigenvalue weighted by molar-refractivity contribution is 0.640. The molecular formula is C8H5FIN. The molecule has 1 heterocycles. The molecule has 0 unspecified atom stereocenters. The van der Waals surface area contributed by atoms with Gasteiger partial charge in [-0.05, 0) is 40.8 Å². The van der Waals surface area contributed by atoms with E-state index in [1.165, 1.54) is 6.07 Å². The van der Waals surface area contributed by atoms with Crippen LogP contribution in [0, 0.1) is 9.52 Å². The predicted molar refractivity (Wildman–Crippen MR) is 51.0 cm³/mol. The number of rotatable bonds is 0. The molecule has 56 valence electrons. The molecule has 0 fully saturated rings. The zero-order chi connectivity index (χ0) is 7.84. The molecule has 0 amide bonds. The molecule has 3 heteroatoms. The van der Waals surface area contributed by atoms with Crippen LogP contribution in [0.15, 0.2) is 24.3 Å². The van der Waals surface area contributed by atoms with Crippen LogP contribution in [0.3, 0.4) is 0 Å². The van der Waals surface area contributed by atoms with E-state index in [0.717, 1.165) is 9.22 Å². The lowest BCUT2D eigenvalue weighted by Crippen LogP contribution is -1.72. The summed E-state index contributed by atoms with van der Waals surface area (Å²) < 4.78 is 13.9. The minimum absolute atomic E-state index is 0.165. The number of nitrogens with one attached hydrogen (secondary N) is 1. The summed E-state index contributed by atoms with van der Waals surface area (Å²) in [4.78, 5) is 3.05. The van der Waals surface area contributed by atoms with Crippen LogP contribution < -0.4 is 0 Å². The summed E-state index contributed by atoms with van der Waals surface area (Å²) in [5.41, 5.74) is 0.856. The van der Waals surface area contributed by atoms with Crippen LogP contribution in [0.25, 0.3) is 10.9 Å². The van der Waals surface area contributed by atoms with Crippen LogP contribution in [0.2, 0.25) is 0 Å². The molecule has 11 heavy (non-hydrogen) atoms. The lowest BCUT2D eigenvalue weighted by Gasteiger charge is -1.88. The van der Waals surface area contributed by atoms with Crippen molar-refractivity contribution in [2.75, 3.05) is 0 Å². The van der Waals surface area contributed by atoms with Gasteiger partial charge in [-0.25, -0.2) is 4.39 Å². The zero-order valence-electron chi connectivity index (χ0n) is 5.57. The second-order valence-corrected chi connectivity index (χ2v) is 3.48. The van der Waals surface area contributed by atoms with Crippen molar-refractivity contribution in [3.8, 4) is 0 Å². The Balaban J connectivity index is 2.90. The minimum Gasteiger partial charge on any atom is -0.350 e. The number of H-pyrrole nitrogens is 1. The molecule has 0 bridgehead atoms. The summed E-state index contributed by atoms with van der Waals surface area (Å²) in [6.45, 7) is 0. The van der Waals surface area contributed by atoms with Gasteiger partial charge >= 0.3 is 0 Å². The van der Waals surface area contributed by atoms with Crippen LogP contribution in [0.5, 0.6) is 0 Å². The molecule has 1 aromatic carbocycles. The van der Waals surface area contributed by atoms with Gasteiger partial charge in [-0.1, -0.05) is 6.07 Å². The van der Waals surface area contributed by atoms with E-state index in [2.05, 4.69) is 27.6 Å². The highest BCUT2D eigenvalue weighted by atomic mass is 127. The Morgan fingerprint density at radius 3 is 2.91 bits per heavy atom. The molecule has 0 aliphatic heterocycles. The van der Waals surface area contributed by atoms with Crippen LogP contribution in [0.4, 0.5) is 4.39 Å². The van der Waals surface area contributed by atoms with Crippen LogP contribution >= 0.6 is 22.6 Å². The quantitative estimate of drug-likeness (QED) is 0.702. The molecule has 0 aliphatic carbocycles. The highest BCUT2D eigenvalue weighted by Gasteiger charge is 2.01. The molecular weight excluding hydrogens is 256 g/mol. The van der Waals surface area contributed by atoms with E-state index in [1.54, 1.807) is 12.1 Å². The first-order chi connectivity index (χ1) is 5.27. The van der Waals surface area contributed by atoms with Crippen LogP contribution in [-0.2, 0) is 0 Å². The van der Waals surface area contributed by atoms with Crippen molar-refractivity contribution in [1.82, 2.24) is 4.98 Å². The first-order valence-corrected chi connectivity index (χ1v) is 4.28. The van der Waals surface area contributed by atoms with Gasteiger partial charge in [-0.2, -0.15) is 0 Å². The third-order valence-corrected chi connectivity index (χ3v) is 2.16. The van der Waals surface area contributed by atoms with Crippen LogP contribution in [0.1, 0.15) is 0 Å². The number of hydrogen-bond donors (Lipinski definition) is 1. The average molecular weight is 261 g/mol. The van der Waals surface area contributed by atoms with Gasteiger partial charge in [0.25, 0.3) is 0 Å². The standard InChI is InChI=1S/C8H5FIN/c9-6-2-1-3-7-5(6)4-8(10)11-7/h1-4,11H. The zero-order valence-corrected chi connectivity index (χ0v) is 7.72. The molecule has 1 N–H and O–H groups in total. The number of fused-ring (bicyclic) bond motifs is 1. The van der Waals surface area contributed by atoms with Gasteiger partial charge in [0.2, 0.25) is 0 Å². The molecule has 2 rings (SSSR count). The fourth-order valence-electron chi connectivity index (χ4n) is 1.08. The summed E-state index contributed by atoms with van der Waals surface area (Å²) in [7, 11) is 0. The predicted octanol–water partition coefficient (Wildman–Crippen LogP) is 2.91. The van der Waals surface area contributed by atoms with E-state index in [0.29, 0.717) is 5.39 Å². The number of benzene rings is 1. The number of halogens is 2. The van der Waals surface area contributed by atoms with Crippen molar-refractivity contribution in [3.05, 3.63) is 33.8 Å². The van der Waals surface area contributed by atoms with Crippen molar-refractivity contribution < 1.29 is 4.39 Å². The Morgan fingerprint density at radius 1 is 1.36 bits per heavy atom. The molecule has 0 aliphatic rings. The van der Waals surface area contributed by atoms with Gasteiger partial charge in [0, 0.05) is 10.9 Å². The maximum atomic E-state index is 13.0. The first-order valence-electron chi connectivity index (χ1n) is 3.20. The van der Waals surface area contributed by atoms with Crippen molar-refractivity contribution in [3.63, 3.8) is 0 Å². The van der Waals surface area contributed by atoms with E-state index in [1.807, 2.05) is 6.07 Å². The Morgan fingerprint density at radius 2 is 2.18 bits per heavy atom. The summed E-state index contributed by atoms with van der Waals surface area (Å²) >= 11 is 2.13. The van der Waals surface area contributed by atoms with Gasteiger partial charge < -0.3 is 4.98 Å². The Kier molecular flexibility index (Phi) is 1.60. The van der Waals surface area contributed by atoms with E-state index in [-0.39, 0.29) is 5.82 Å². The Labute approximate surface area is 76.7 Å². The van der Waals surface area contributed by atoms with Gasteiger partial charge in [0.15, 0.2) is 0 Å². The third-order valence-electron chi connectivity index (χ3n) is 1.58. The topological polar surface area (TPSA) is 15.8 Å². The van der Waals surface area contributed by atoms with E-state index >= 15 is 0 Å². The number of aromatic amines is 1. The van der Waals surface area contributed by atoms with Crippen molar-refractivity contribution in [1.29, 1.82) is 0 Å². The second kappa shape index (κ2) is 2.48. The maximum absolute atomic E-state index is 13.0. The highest BCUT2D eigenvalue weighted by molar-refractivity contribution is 14.1. The van der Waals surface area contributed by atoms with E-state index in [4.69, 9.17) is 0 Å². The van der Waals surface area contributed by atoms with E-state index < -0.39 is 0 Å². The van der Waals surface area contributed by atoms with Crippen molar-refractivity contribution in [2.45, 2.75) is 0 Å². The van der Waals surface area contributed by atoms with Gasteiger partial charge in [-0.3, -0.25) is 0 Å². The Bertz CT molecular complexity index is 394. The summed E-state index contributed by atoms with van der Waals surface area (Å²) in [6, 6.07) is 6.82. The summed E-state index contributed by atoms with van der Waals surface area (Å²) in [5, 5.41) is 0.664. The second-order valence-electron chi connectivity index (χ2n) is 2.32. The summed E-state index contributed by atoms with van der Waals surface area (Å²) in [6.07, 6.45) is 0. The highest BCUT2D eigenvalue weighted by Crippen LogP contribution is 2.19. The maximum Gasteiger partial charge on any atom is 0.132 e. The fraction of sp³-hybridized carbons (Fsp3) is 0. The monoisotopic (exact) mass is 261 g/mol. The summed E-state index contributed by atoms with van der Waals surface area (Å²) in [5.74, 6) is -0.165. The van der Waals surface area contributed by atoms with Gasteiger partial charge in [-0.15, -0.1) is 0 Å². The van der Waals surface area contributed by atoms with Crippen molar-refractivity contribution in [2.24, 2.45) is 0 Å². The smallest absolute Gasteiger partial charge is 0.132 e. The molecule has 0 spiro atoms. The SMILES string of the molecule is Fc1cccc2[nH]c(I)cc12. The first kappa shape index (κ1) is 7.09. The molecule has 0 saturated heterocycles. The molecule has 1 aromatic heterocycles. The molecule has 0 saturated carbocycles. The van der Waals surface area contributed by atoms with Gasteiger partial charge in [0.1, 0.15) is 5.82 Å². The normalized spacial score (nSPS) is 10.7. The Hall–Kier alpha value is -0.580. The van der Waals surface area contributed by atoms with E-state index in [9.17, 15) is 4.39 Å². The minimum atomic E-state index is -0.165. The van der Waals surface area contributed by atoms with Crippen molar-refractivity contribution >= 4 is 33.5 Å². The largest absolute Gasteiger partial charge is 0.350 e. The lowest BCUT2D eigenvalue weighted by atomic mass is 10.2. The van der Waals surface area contributed by atoms with Gasteiger partial charge in [0.05, 0.1) is 3.70 Å². The molecule has 1 nitrogen and oxygen atoms in total. The number of aromatic nitrogens is 1. The fourth-order valence-corrected chi connectivity index (χ4v) is 1.69. The molecule has 0 radical (unpaired) electrons. The van der Waals surface area contributed by atoms with Crippen LogP contribution in [-0.4, -0.2) is 4.98 Å². The molecule has 0 atom stereocenters. The third kappa shape index (κ3) is 1.13. The molecule has 2 aromatic rings.